The molecule has 5 nitrogen and oxygen atoms in total. The van der Waals surface area contributed by atoms with E-state index in [4.69, 9.17) is 4.74 Å². The summed E-state index contributed by atoms with van der Waals surface area (Å²) in [6, 6.07) is 11.7. The van der Waals surface area contributed by atoms with Crippen LogP contribution in [0.3, 0.4) is 0 Å². The van der Waals surface area contributed by atoms with Gasteiger partial charge in [-0.05, 0) is 49.7 Å². The first-order chi connectivity index (χ1) is 11.8. The maximum Gasteiger partial charge on any atom is 0.234 e. The van der Waals surface area contributed by atoms with Crippen LogP contribution in [-0.2, 0) is 11.3 Å². The van der Waals surface area contributed by atoms with Crippen molar-refractivity contribution in [3.05, 3.63) is 54.4 Å². The average Bonchev–Trinajstić information content (AvgIpc) is 2.76. The van der Waals surface area contributed by atoms with Crippen LogP contribution in [0.15, 0.2) is 48.8 Å². The van der Waals surface area contributed by atoms with Crippen LogP contribution in [0.1, 0.15) is 18.4 Å². The van der Waals surface area contributed by atoms with Crippen LogP contribution in [0.25, 0.3) is 0 Å². The largest absolute Gasteiger partial charge is 0.490 e. The highest BCUT2D eigenvalue weighted by Crippen LogP contribution is 2.38. The predicted octanol–water partition coefficient (Wildman–Crippen LogP) is 2.69. The third-order valence-corrected chi connectivity index (χ3v) is 5.06. The maximum absolute atomic E-state index is 12.8. The van der Waals surface area contributed by atoms with Gasteiger partial charge >= 0.3 is 0 Å². The number of carbonyl (C=O) groups is 1. The summed E-state index contributed by atoms with van der Waals surface area (Å²) in [4.78, 5) is 19.4. The third-order valence-electron chi connectivity index (χ3n) is 5.06. The Kier molecular flexibility index (Phi) is 3.94. The monoisotopic (exact) mass is 323 g/mol. The summed E-state index contributed by atoms with van der Waals surface area (Å²) < 4.78 is 5.95. The zero-order chi connectivity index (χ0) is 16.4. The van der Waals surface area contributed by atoms with E-state index < -0.39 is 5.41 Å². The van der Waals surface area contributed by atoms with Gasteiger partial charge in [-0.15, -0.1) is 0 Å². The quantitative estimate of drug-likeness (QED) is 0.923. The number of para-hydroxylation sites is 2. The average molecular weight is 323 g/mol. The summed E-state index contributed by atoms with van der Waals surface area (Å²) >= 11 is 0. The molecule has 1 fully saturated rings. The highest BCUT2D eigenvalue weighted by Gasteiger charge is 2.43. The number of carbonyl (C=O) groups excluding carboxylic acids is 1. The van der Waals surface area contributed by atoms with Crippen molar-refractivity contribution < 1.29 is 9.53 Å². The van der Waals surface area contributed by atoms with E-state index in [-0.39, 0.29) is 5.91 Å². The van der Waals surface area contributed by atoms with E-state index in [0.29, 0.717) is 6.61 Å². The number of aromatic nitrogens is 1. The zero-order valence-electron chi connectivity index (χ0n) is 13.6. The highest BCUT2D eigenvalue weighted by molar-refractivity contribution is 5.97. The number of amides is 1. The molecule has 0 unspecified atom stereocenters. The first-order valence-corrected chi connectivity index (χ1v) is 8.40. The highest BCUT2D eigenvalue weighted by atomic mass is 16.5. The lowest BCUT2D eigenvalue weighted by Crippen LogP contribution is -2.48. The minimum absolute atomic E-state index is 0.0912. The van der Waals surface area contributed by atoms with E-state index in [0.717, 1.165) is 43.9 Å². The molecule has 1 aromatic carbocycles. The second-order valence-corrected chi connectivity index (χ2v) is 6.66. The lowest BCUT2D eigenvalue weighted by atomic mass is 9.78. The fourth-order valence-electron chi connectivity index (χ4n) is 3.49. The van der Waals surface area contributed by atoms with E-state index in [9.17, 15) is 4.79 Å². The molecule has 0 aliphatic carbocycles. The van der Waals surface area contributed by atoms with Crippen LogP contribution >= 0.6 is 0 Å². The van der Waals surface area contributed by atoms with Crippen molar-refractivity contribution in [3.8, 4) is 5.75 Å². The Morgan fingerprint density at radius 2 is 2.00 bits per heavy atom. The number of rotatable bonds is 2. The van der Waals surface area contributed by atoms with Gasteiger partial charge in [0.15, 0.2) is 0 Å². The molecule has 2 aliphatic heterocycles. The van der Waals surface area contributed by atoms with Gasteiger partial charge in [0, 0.05) is 18.9 Å². The van der Waals surface area contributed by atoms with Gasteiger partial charge in [-0.25, -0.2) is 0 Å². The standard InChI is InChI=1S/C19H21N3O2/c23-18-19(14-24-17-6-2-1-5-16(17)21-18)7-10-22(11-8-19)13-15-4-3-9-20-12-15/h1-6,9,12H,7-8,10-11,13-14H2,(H,21,23). The topological polar surface area (TPSA) is 54.5 Å². The van der Waals surface area contributed by atoms with Crippen molar-refractivity contribution >= 4 is 11.6 Å². The Balaban J connectivity index is 1.44. The molecule has 4 rings (SSSR count). The molecule has 0 bridgehead atoms. The normalized spacial score (nSPS) is 19.9. The molecule has 0 radical (unpaired) electrons. The molecule has 24 heavy (non-hydrogen) atoms. The number of nitrogens with zero attached hydrogens (tertiary/aromatic N) is 2. The Morgan fingerprint density at radius 1 is 1.17 bits per heavy atom. The van der Waals surface area contributed by atoms with Crippen LogP contribution in [0, 0.1) is 5.41 Å². The summed E-state index contributed by atoms with van der Waals surface area (Å²) in [7, 11) is 0. The number of nitrogens with one attached hydrogen (secondary N) is 1. The fourth-order valence-corrected chi connectivity index (χ4v) is 3.49. The molecule has 124 valence electrons. The van der Waals surface area contributed by atoms with Crippen molar-refractivity contribution in [2.24, 2.45) is 5.41 Å². The molecule has 5 heteroatoms. The summed E-state index contributed by atoms with van der Waals surface area (Å²) in [6.07, 6.45) is 5.32. The molecule has 1 N–H and O–H groups in total. The van der Waals surface area contributed by atoms with Gasteiger partial charge < -0.3 is 10.1 Å². The van der Waals surface area contributed by atoms with E-state index in [1.807, 2.05) is 36.5 Å². The summed E-state index contributed by atoms with van der Waals surface area (Å²) in [6.45, 7) is 3.12. The van der Waals surface area contributed by atoms with Crippen LogP contribution in [0.5, 0.6) is 5.75 Å². The third kappa shape index (κ3) is 2.87. The number of ether oxygens (including phenoxy) is 1. The van der Waals surface area contributed by atoms with E-state index in [1.54, 1.807) is 6.20 Å². The molecule has 0 atom stereocenters. The summed E-state index contributed by atoms with van der Waals surface area (Å²) in [5.41, 5.74) is 1.56. The van der Waals surface area contributed by atoms with Crippen molar-refractivity contribution in [2.45, 2.75) is 19.4 Å². The Morgan fingerprint density at radius 3 is 2.79 bits per heavy atom. The molecule has 1 aromatic heterocycles. The van der Waals surface area contributed by atoms with Gasteiger partial charge in [0.2, 0.25) is 5.91 Å². The van der Waals surface area contributed by atoms with Crippen molar-refractivity contribution in [1.82, 2.24) is 9.88 Å². The summed E-state index contributed by atoms with van der Waals surface area (Å²) in [5.74, 6) is 0.856. The number of likely N-dealkylation sites (tertiary alicyclic amines) is 1. The first-order valence-electron chi connectivity index (χ1n) is 8.40. The zero-order valence-corrected chi connectivity index (χ0v) is 13.6. The van der Waals surface area contributed by atoms with E-state index in [1.165, 1.54) is 5.56 Å². The van der Waals surface area contributed by atoms with E-state index >= 15 is 0 Å². The van der Waals surface area contributed by atoms with Gasteiger partial charge in [-0.3, -0.25) is 14.7 Å². The van der Waals surface area contributed by atoms with Crippen LogP contribution in [0.4, 0.5) is 5.69 Å². The number of piperidine rings is 1. The van der Waals surface area contributed by atoms with E-state index in [2.05, 4.69) is 21.3 Å². The molecular formula is C19H21N3O2. The molecule has 1 spiro atoms. The molecule has 3 heterocycles. The van der Waals surface area contributed by atoms with Crippen molar-refractivity contribution in [3.63, 3.8) is 0 Å². The lowest BCUT2D eigenvalue weighted by Gasteiger charge is -2.39. The fraction of sp³-hybridized carbons (Fsp3) is 0.368. The van der Waals surface area contributed by atoms with Crippen molar-refractivity contribution in [1.29, 1.82) is 0 Å². The number of hydrogen-bond donors (Lipinski definition) is 1. The number of fused-ring (bicyclic) bond motifs is 1. The van der Waals surface area contributed by atoms with Gasteiger partial charge in [0.1, 0.15) is 12.4 Å². The second kappa shape index (κ2) is 6.24. The number of pyridine rings is 1. The number of hydrogen-bond acceptors (Lipinski definition) is 4. The SMILES string of the molecule is O=C1Nc2ccccc2OCC12CCN(Cc1cccnc1)CC2. The summed E-state index contributed by atoms with van der Waals surface area (Å²) in [5, 5.41) is 3.05. The van der Waals surface area contributed by atoms with Crippen LogP contribution in [0.2, 0.25) is 0 Å². The van der Waals surface area contributed by atoms with Crippen LogP contribution in [-0.4, -0.2) is 35.5 Å². The molecule has 1 amide bonds. The molecule has 2 aromatic rings. The predicted molar refractivity (Wildman–Crippen MR) is 91.7 cm³/mol. The lowest BCUT2D eigenvalue weighted by molar-refractivity contribution is -0.130. The second-order valence-electron chi connectivity index (χ2n) is 6.66. The van der Waals surface area contributed by atoms with Crippen molar-refractivity contribution in [2.75, 3.05) is 25.0 Å². The maximum atomic E-state index is 12.8. The van der Waals surface area contributed by atoms with Gasteiger partial charge in [-0.1, -0.05) is 18.2 Å². The van der Waals surface area contributed by atoms with Crippen LogP contribution < -0.4 is 10.1 Å². The smallest absolute Gasteiger partial charge is 0.234 e. The molecule has 2 aliphatic rings. The molecule has 1 saturated heterocycles. The molecular weight excluding hydrogens is 302 g/mol. The first kappa shape index (κ1) is 15.1. The Labute approximate surface area is 141 Å². The minimum atomic E-state index is -0.426. The van der Waals surface area contributed by atoms with Gasteiger partial charge in [0.05, 0.1) is 11.1 Å². The number of benzene rings is 1. The minimum Gasteiger partial charge on any atom is -0.490 e. The van der Waals surface area contributed by atoms with Gasteiger partial charge in [0.25, 0.3) is 0 Å². The number of anilines is 1. The van der Waals surface area contributed by atoms with Gasteiger partial charge in [-0.2, -0.15) is 0 Å². The molecule has 0 saturated carbocycles. The Hall–Kier alpha value is -2.40. The Bertz CT molecular complexity index is 724.